The molecule has 19 heavy (non-hydrogen) atoms. The Kier molecular flexibility index (Phi) is 6.45. The number of primary amides is 1. The SMILES string of the molecule is CCCCN(CC(N)=O)C(CN)c1ccc(F)cc1. The molecule has 106 valence electrons. The molecule has 1 aromatic carbocycles. The number of carbonyl (C=O) groups excluding carboxylic acids is 1. The molecule has 0 bridgehead atoms. The molecule has 1 atom stereocenters. The fourth-order valence-corrected chi connectivity index (χ4v) is 2.09. The molecule has 5 heteroatoms. The van der Waals surface area contributed by atoms with Gasteiger partial charge in [-0.05, 0) is 30.7 Å². The highest BCUT2D eigenvalue weighted by Crippen LogP contribution is 2.20. The quantitative estimate of drug-likeness (QED) is 0.748. The summed E-state index contributed by atoms with van der Waals surface area (Å²) in [6.45, 7) is 3.36. The third-order valence-electron chi connectivity index (χ3n) is 3.08. The van der Waals surface area contributed by atoms with E-state index < -0.39 is 0 Å². The fraction of sp³-hybridized carbons (Fsp3) is 0.500. The van der Waals surface area contributed by atoms with Crippen molar-refractivity contribution >= 4 is 5.91 Å². The van der Waals surface area contributed by atoms with Crippen LogP contribution in [0, 0.1) is 5.82 Å². The second-order valence-electron chi connectivity index (χ2n) is 4.59. The summed E-state index contributed by atoms with van der Waals surface area (Å²) >= 11 is 0. The van der Waals surface area contributed by atoms with Gasteiger partial charge in [0.2, 0.25) is 5.91 Å². The number of unbranched alkanes of at least 4 members (excludes halogenated alkanes) is 1. The maximum absolute atomic E-state index is 12.9. The van der Waals surface area contributed by atoms with E-state index in [1.807, 2.05) is 4.90 Å². The summed E-state index contributed by atoms with van der Waals surface area (Å²) in [5.41, 5.74) is 12.0. The molecule has 0 spiro atoms. The van der Waals surface area contributed by atoms with Gasteiger partial charge in [-0.15, -0.1) is 0 Å². The maximum Gasteiger partial charge on any atom is 0.231 e. The Morgan fingerprint density at radius 2 is 2.00 bits per heavy atom. The predicted molar refractivity (Wildman–Crippen MR) is 73.9 cm³/mol. The van der Waals surface area contributed by atoms with Gasteiger partial charge in [0.05, 0.1) is 6.54 Å². The molecule has 1 rings (SSSR count). The molecule has 0 saturated carbocycles. The minimum absolute atomic E-state index is 0.111. The van der Waals surface area contributed by atoms with Crippen LogP contribution in [0.1, 0.15) is 31.4 Å². The zero-order valence-electron chi connectivity index (χ0n) is 11.3. The molecule has 0 saturated heterocycles. The van der Waals surface area contributed by atoms with Crippen molar-refractivity contribution in [2.75, 3.05) is 19.6 Å². The van der Waals surface area contributed by atoms with Gasteiger partial charge in [-0.2, -0.15) is 0 Å². The molecule has 0 heterocycles. The van der Waals surface area contributed by atoms with Crippen LogP contribution in [0.5, 0.6) is 0 Å². The average molecular weight is 267 g/mol. The molecule has 1 unspecified atom stereocenters. The molecule has 4 nitrogen and oxygen atoms in total. The Balaban J connectivity index is 2.87. The Morgan fingerprint density at radius 3 is 2.47 bits per heavy atom. The van der Waals surface area contributed by atoms with Gasteiger partial charge in [-0.1, -0.05) is 25.5 Å². The molecule has 4 N–H and O–H groups in total. The second-order valence-corrected chi connectivity index (χ2v) is 4.59. The first-order chi connectivity index (χ1) is 9.08. The molecule has 0 aliphatic rings. The highest BCUT2D eigenvalue weighted by atomic mass is 19.1. The van der Waals surface area contributed by atoms with Crippen LogP contribution < -0.4 is 11.5 Å². The minimum atomic E-state index is -0.378. The lowest BCUT2D eigenvalue weighted by Gasteiger charge is -2.30. The number of nitrogens with two attached hydrogens (primary N) is 2. The van der Waals surface area contributed by atoms with Crippen LogP contribution in [0.25, 0.3) is 0 Å². The van der Waals surface area contributed by atoms with Crippen LogP contribution in [0.2, 0.25) is 0 Å². The summed E-state index contributed by atoms with van der Waals surface area (Å²) in [6, 6.07) is 6.10. The number of amides is 1. The number of carbonyl (C=O) groups is 1. The van der Waals surface area contributed by atoms with Crippen LogP contribution in [-0.2, 0) is 4.79 Å². The van der Waals surface area contributed by atoms with Crippen LogP contribution in [0.4, 0.5) is 4.39 Å². The van der Waals surface area contributed by atoms with E-state index in [1.54, 1.807) is 12.1 Å². The number of benzene rings is 1. The molecular formula is C14H22FN3O. The highest BCUT2D eigenvalue weighted by molar-refractivity contribution is 5.76. The summed E-state index contributed by atoms with van der Waals surface area (Å²) in [6.07, 6.45) is 1.99. The maximum atomic E-state index is 12.9. The zero-order valence-corrected chi connectivity index (χ0v) is 11.3. The van der Waals surface area contributed by atoms with Crippen LogP contribution in [-0.4, -0.2) is 30.4 Å². The predicted octanol–water partition coefficient (Wildman–Crippen LogP) is 1.41. The average Bonchev–Trinajstić information content (AvgIpc) is 2.38. The van der Waals surface area contributed by atoms with Crippen molar-refractivity contribution in [2.24, 2.45) is 11.5 Å². The van der Waals surface area contributed by atoms with E-state index in [-0.39, 0.29) is 24.3 Å². The number of halogens is 1. The van der Waals surface area contributed by atoms with E-state index >= 15 is 0 Å². The smallest absolute Gasteiger partial charge is 0.231 e. The van der Waals surface area contributed by atoms with Gasteiger partial charge < -0.3 is 11.5 Å². The summed E-state index contributed by atoms with van der Waals surface area (Å²) in [5.74, 6) is -0.661. The first-order valence-electron chi connectivity index (χ1n) is 6.56. The monoisotopic (exact) mass is 267 g/mol. The summed E-state index contributed by atoms with van der Waals surface area (Å²) in [4.78, 5) is 13.1. The van der Waals surface area contributed by atoms with E-state index in [1.165, 1.54) is 12.1 Å². The van der Waals surface area contributed by atoms with Gasteiger partial charge in [0.15, 0.2) is 0 Å². The molecule has 0 aliphatic heterocycles. The van der Waals surface area contributed by atoms with Crippen molar-refractivity contribution in [3.05, 3.63) is 35.6 Å². The van der Waals surface area contributed by atoms with Crippen molar-refractivity contribution in [1.29, 1.82) is 0 Å². The van der Waals surface area contributed by atoms with E-state index in [9.17, 15) is 9.18 Å². The van der Waals surface area contributed by atoms with Crippen LogP contribution in [0.3, 0.4) is 0 Å². The summed E-state index contributed by atoms with van der Waals surface area (Å²) < 4.78 is 12.9. The third-order valence-corrected chi connectivity index (χ3v) is 3.08. The lowest BCUT2D eigenvalue weighted by Crippen LogP contribution is -2.40. The zero-order chi connectivity index (χ0) is 14.3. The standard InChI is InChI=1S/C14H22FN3O/c1-2-3-8-18(10-14(17)19)13(9-16)11-4-6-12(15)7-5-11/h4-7,13H,2-3,8-10,16H2,1H3,(H2,17,19). The molecule has 0 radical (unpaired) electrons. The van der Waals surface area contributed by atoms with E-state index in [4.69, 9.17) is 11.5 Å². The largest absolute Gasteiger partial charge is 0.369 e. The molecular weight excluding hydrogens is 245 g/mol. The lowest BCUT2D eigenvalue weighted by atomic mass is 10.0. The fourth-order valence-electron chi connectivity index (χ4n) is 2.09. The van der Waals surface area contributed by atoms with E-state index in [2.05, 4.69) is 6.92 Å². The minimum Gasteiger partial charge on any atom is -0.369 e. The van der Waals surface area contributed by atoms with Crippen molar-refractivity contribution in [2.45, 2.75) is 25.8 Å². The van der Waals surface area contributed by atoms with Gasteiger partial charge in [0.25, 0.3) is 0 Å². The number of rotatable bonds is 8. The molecule has 1 amide bonds. The number of nitrogens with zero attached hydrogens (tertiary/aromatic N) is 1. The highest BCUT2D eigenvalue weighted by Gasteiger charge is 2.20. The number of hydrogen-bond acceptors (Lipinski definition) is 3. The van der Waals surface area contributed by atoms with Crippen molar-refractivity contribution in [1.82, 2.24) is 4.90 Å². The van der Waals surface area contributed by atoms with Gasteiger partial charge in [-0.25, -0.2) is 4.39 Å². The van der Waals surface area contributed by atoms with E-state index in [0.29, 0.717) is 6.54 Å². The van der Waals surface area contributed by atoms with Crippen LogP contribution >= 0.6 is 0 Å². The molecule has 0 aromatic heterocycles. The lowest BCUT2D eigenvalue weighted by molar-refractivity contribution is -0.119. The summed E-state index contributed by atoms with van der Waals surface area (Å²) in [5, 5.41) is 0. The Hall–Kier alpha value is -1.46. The van der Waals surface area contributed by atoms with Gasteiger partial charge in [-0.3, -0.25) is 9.69 Å². The van der Waals surface area contributed by atoms with Crippen molar-refractivity contribution in [3.63, 3.8) is 0 Å². The topological polar surface area (TPSA) is 72.3 Å². The Bertz CT molecular complexity index is 394. The van der Waals surface area contributed by atoms with E-state index in [0.717, 1.165) is 24.9 Å². The third kappa shape index (κ3) is 4.96. The van der Waals surface area contributed by atoms with Crippen molar-refractivity contribution < 1.29 is 9.18 Å². The van der Waals surface area contributed by atoms with Crippen molar-refractivity contribution in [3.8, 4) is 0 Å². The molecule has 1 aromatic rings. The van der Waals surface area contributed by atoms with Gasteiger partial charge in [0.1, 0.15) is 5.82 Å². The Morgan fingerprint density at radius 1 is 1.37 bits per heavy atom. The molecule has 0 fully saturated rings. The number of hydrogen-bond donors (Lipinski definition) is 2. The normalized spacial score (nSPS) is 12.6. The summed E-state index contributed by atoms with van der Waals surface area (Å²) in [7, 11) is 0. The van der Waals surface area contributed by atoms with Crippen LogP contribution in [0.15, 0.2) is 24.3 Å². The second kappa shape index (κ2) is 7.86. The first kappa shape index (κ1) is 15.6. The first-order valence-corrected chi connectivity index (χ1v) is 6.56. The Labute approximate surface area is 113 Å². The van der Waals surface area contributed by atoms with Gasteiger partial charge in [0, 0.05) is 12.6 Å². The molecule has 0 aliphatic carbocycles. The van der Waals surface area contributed by atoms with Gasteiger partial charge >= 0.3 is 0 Å².